The zero-order valence-electron chi connectivity index (χ0n) is 14.1. The lowest BCUT2D eigenvalue weighted by Gasteiger charge is -2.16. The lowest BCUT2D eigenvalue weighted by Crippen LogP contribution is -2.36. The molecule has 0 spiro atoms. The number of carbonyl (C=O) groups excluding carboxylic acids is 2. The van der Waals surface area contributed by atoms with Crippen molar-refractivity contribution in [3.8, 4) is 0 Å². The van der Waals surface area contributed by atoms with Crippen LogP contribution < -0.4 is 10.6 Å². The number of H-pyrrole nitrogens is 1. The number of hydrogen-bond donors (Lipinski definition) is 3. The summed E-state index contributed by atoms with van der Waals surface area (Å²) < 4.78 is 0. The molecule has 3 atom stereocenters. The number of amides is 2. The zero-order valence-corrected chi connectivity index (χ0v) is 14.9. The third-order valence-electron chi connectivity index (χ3n) is 5.15. The number of fused-ring (bicyclic) bond motifs is 2. The molecule has 5 nitrogen and oxygen atoms in total. The van der Waals surface area contributed by atoms with Gasteiger partial charge in [0, 0.05) is 35.6 Å². The molecular formula is C19H23N3O2S. The second-order valence-electron chi connectivity index (χ2n) is 6.98. The third kappa shape index (κ3) is 3.68. The summed E-state index contributed by atoms with van der Waals surface area (Å²) in [6, 6.07) is 8.71. The highest BCUT2D eigenvalue weighted by molar-refractivity contribution is 8.00. The maximum absolute atomic E-state index is 12.2. The van der Waals surface area contributed by atoms with Crippen LogP contribution in [0, 0.1) is 0 Å². The van der Waals surface area contributed by atoms with Gasteiger partial charge in [-0.1, -0.05) is 12.5 Å². The number of urea groups is 1. The largest absolute Gasteiger partial charge is 0.361 e. The zero-order chi connectivity index (χ0) is 17.2. The van der Waals surface area contributed by atoms with Crippen LogP contribution in [-0.4, -0.2) is 39.9 Å². The van der Waals surface area contributed by atoms with Crippen LogP contribution in [0.3, 0.4) is 0 Å². The number of aromatic amines is 1. The number of nitrogens with one attached hydrogen (secondary N) is 3. The van der Waals surface area contributed by atoms with Crippen LogP contribution in [-0.2, 0) is 11.2 Å². The Hall–Kier alpha value is -1.95. The molecule has 0 bridgehead atoms. The highest BCUT2D eigenvalue weighted by Crippen LogP contribution is 2.33. The van der Waals surface area contributed by atoms with E-state index in [1.807, 2.05) is 36.2 Å². The van der Waals surface area contributed by atoms with Crippen LogP contribution in [0.1, 0.15) is 31.2 Å². The lowest BCUT2D eigenvalue weighted by molar-refractivity contribution is -0.118. The van der Waals surface area contributed by atoms with E-state index < -0.39 is 0 Å². The molecule has 3 N–H and O–H groups in total. The summed E-state index contributed by atoms with van der Waals surface area (Å²) in [6.45, 7) is 0. The van der Waals surface area contributed by atoms with E-state index in [4.69, 9.17) is 0 Å². The fourth-order valence-corrected chi connectivity index (χ4v) is 5.38. The molecule has 0 radical (unpaired) electrons. The Balaban J connectivity index is 1.19. The smallest absolute Gasteiger partial charge is 0.315 e. The second-order valence-corrected chi connectivity index (χ2v) is 8.25. The Morgan fingerprint density at radius 2 is 2.12 bits per heavy atom. The average Bonchev–Trinajstić information content (AvgIpc) is 3.27. The van der Waals surface area contributed by atoms with Crippen molar-refractivity contribution in [3.63, 3.8) is 0 Å². The van der Waals surface area contributed by atoms with Gasteiger partial charge in [0.25, 0.3) is 0 Å². The van der Waals surface area contributed by atoms with Crippen molar-refractivity contribution in [1.29, 1.82) is 0 Å². The minimum atomic E-state index is -0.0325. The predicted molar refractivity (Wildman–Crippen MR) is 101 cm³/mol. The topological polar surface area (TPSA) is 74.0 Å². The monoisotopic (exact) mass is 357 g/mol. The van der Waals surface area contributed by atoms with Crippen LogP contribution in [0.4, 0.5) is 4.79 Å². The Morgan fingerprint density at radius 1 is 1.20 bits per heavy atom. The second kappa shape index (κ2) is 7.12. The van der Waals surface area contributed by atoms with E-state index in [2.05, 4.69) is 21.7 Å². The lowest BCUT2D eigenvalue weighted by atomic mass is 10.0. The third-order valence-corrected chi connectivity index (χ3v) is 6.66. The van der Waals surface area contributed by atoms with Gasteiger partial charge in [0.2, 0.25) is 0 Å². The molecule has 3 heterocycles. The van der Waals surface area contributed by atoms with Crippen molar-refractivity contribution in [2.45, 2.75) is 49.4 Å². The Labute approximate surface area is 151 Å². The first-order chi connectivity index (χ1) is 12.2. The number of carbonyl (C=O) groups is 2. The van der Waals surface area contributed by atoms with Crippen molar-refractivity contribution in [1.82, 2.24) is 15.6 Å². The van der Waals surface area contributed by atoms with Crippen LogP contribution in [0.15, 0.2) is 30.5 Å². The van der Waals surface area contributed by atoms with Gasteiger partial charge in [0.05, 0.1) is 12.1 Å². The molecule has 6 heteroatoms. The van der Waals surface area contributed by atoms with Crippen molar-refractivity contribution >= 4 is 34.5 Å². The van der Waals surface area contributed by atoms with E-state index >= 15 is 0 Å². The molecule has 2 aliphatic rings. The van der Waals surface area contributed by atoms with Gasteiger partial charge in [-0.25, -0.2) is 4.79 Å². The van der Waals surface area contributed by atoms with Gasteiger partial charge in [-0.2, -0.15) is 11.8 Å². The highest BCUT2D eigenvalue weighted by atomic mass is 32.2. The van der Waals surface area contributed by atoms with Gasteiger partial charge in [-0.15, -0.1) is 0 Å². The number of rotatable bonds is 7. The average molecular weight is 357 g/mol. The van der Waals surface area contributed by atoms with E-state index in [1.54, 1.807) is 0 Å². The Bertz CT molecular complexity index is 788. The van der Waals surface area contributed by atoms with Crippen molar-refractivity contribution < 1.29 is 9.59 Å². The van der Waals surface area contributed by atoms with E-state index in [-0.39, 0.29) is 18.1 Å². The summed E-state index contributed by atoms with van der Waals surface area (Å²) in [7, 11) is 0. The summed E-state index contributed by atoms with van der Waals surface area (Å²) in [4.78, 5) is 26.8. The molecule has 0 saturated carbocycles. The first-order valence-corrected chi connectivity index (χ1v) is 10.0. The molecular weight excluding hydrogens is 334 g/mol. The maximum atomic E-state index is 12.2. The molecule has 4 rings (SSSR count). The maximum Gasteiger partial charge on any atom is 0.315 e. The summed E-state index contributed by atoms with van der Waals surface area (Å²) in [5.41, 5.74) is 2.20. The van der Waals surface area contributed by atoms with Crippen molar-refractivity contribution in [2.75, 3.05) is 5.75 Å². The van der Waals surface area contributed by atoms with E-state index in [9.17, 15) is 9.59 Å². The fraction of sp³-hybridized carbons (Fsp3) is 0.474. The van der Waals surface area contributed by atoms with Gasteiger partial charge in [0.15, 0.2) is 0 Å². The number of benzene rings is 1. The van der Waals surface area contributed by atoms with Gasteiger partial charge in [-0.05, 0) is 42.0 Å². The molecule has 2 amide bonds. The predicted octanol–water partition coefficient (Wildman–Crippen LogP) is 3.01. The number of thioether (sulfide) groups is 1. The molecule has 2 fully saturated rings. The van der Waals surface area contributed by atoms with E-state index in [0.29, 0.717) is 23.9 Å². The number of Topliss-reactive ketones (excluding diaryl/α,β-unsaturated/α-hetero) is 1. The van der Waals surface area contributed by atoms with Crippen molar-refractivity contribution in [2.24, 2.45) is 0 Å². The molecule has 1 aromatic heterocycles. The minimum Gasteiger partial charge on any atom is -0.361 e. The number of unbranched alkanes of at least 4 members (excludes halogenated alkanes) is 1. The molecule has 2 saturated heterocycles. The normalized spacial score (nSPS) is 25.0. The summed E-state index contributed by atoms with van der Waals surface area (Å²) in [5.74, 6) is 1.30. The van der Waals surface area contributed by atoms with Crippen molar-refractivity contribution in [3.05, 3.63) is 36.0 Å². The van der Waals surface area contributed by atoms with Gasteiger partial charge in [0.1, 0.15) is 5.78 Å². The SMILES string of the molecule is O=C(CCCC[C@@H]1SC[C@@H]2NC(=O)N[C@@H]21)Cc1ccc2[nH]ccc2c1. The molecule has 1 aromatic carbocycles. The quantitative estimate of drug-likeness (QED) is 0.527. The van der Waals surface area contributed by atoms with Crippen LogP contribution in [0.25, 0.3) is 10.9 Å². The molecule has 132 valence electrons. The number of ketones is 1. The number of aromatic nitrogens is 1. The van der Waals surface area contributed by atoms with E-state index in [1.165, 1.54) is 0 Å². The summed E-state index contributed by atoms with van der Waals surface area (Å²) in [6.07, 6.45) is 6.12. The molecule has 25 heavy (non-hydrogen) atoms. The number of hydrogen-bond acceptors (Lipinski definition) is 3. The molecule has 0 unspecified atom stereocenters. The van der Waals surface area contributed by atoms with Gasteiger partial charge in [-0.3, -0.25) is 4.79 Å². The van der Waals surface area contributed by atoms with Crippen LogP contribution in [0.2, 0.25) is 0 Å². The van der Waals surface area contributed by atoms with Gasteiger partial charge < -0.3 is 15.6 Å². The van der Waals surface area contributed by atoms with Crippen LogP contribution >= 0.6 is 11.8 Å². The molecule has 0 aliphatic carbocycles. The van der Waals surface area contributed by atoms with Gasteiger partial charge >= 0.3 is 6.03 Å². The minimum absolute atomic E-state index is 0.0325. The first-order valence-electron chi connectivity index (χ1n) is 8.95. The summed E-state index contributed by atoms with van der Waals surface area (Å²) in [5, 5.41) is 7.62. The van der Waals surface area contributed by atoms with E-state index in [0.717, 1.165) is 41.5 Å². The van der Waals surface area contributed by atoms with Crippen LogP contribution in [0.5, 0.6) is 0 Å². The highest BCUT2D eigenvalue weighted by Gasteiger charge is 2.42. The Kier molecular flexibility index (Phi) is 4.70. The summed E-state index contributed by atoms with van der Waals surface area (Å²) >= 11 is 1.93. The molecule has 2 aromatic rings. The first kappa shape index (κ1) is 16.5. The standard InChI is InChI=1S/C19H23N3O2S/c23-14(10-12-5-6-15-13(9-12)7-8-20-15)3-1-2-4-17-18-16(11-25-17)21-19(24)22-18/h5-9,16-18,20H,1-4,10-11H2,(H2,21,22,24)/t16-,17-,18-/m0/s1. The molecule has 2 aliphatic heterocycles. The fourth-order valence-electron chi connectivity index (χ4n) is 3.84. The Morgan fingerprint density at radius 3 is 3.04 bits per heavy atom.